The van der Waals surface area contributed by atoms with Crippen LogP contribution in [0.2, 0.25) is 0 Å². The third-order valence-electron chi connectivity index (χ3n) is 22.2. The standard InChI is InChI=1S/C102H65N3O2S2/c1-62-22-14-32-71(56-62)104(88-44-20-42-86-84-40-18-37-78(99(84)106-101(86)88)64-24-6-3-7-25-64)73-48-50-76-67(59-73)46-53-91-95(76)96-77-51-49-74(60-68(77)47-54-92(96)108-91)105(72-33-15-23-63(2)57-72)89-45-21-43-87-85-41-19-38-79(100(85)107-102(87)89)66-27-16-26-65(58-66)75-36-17-39-82-80(75)52-55-93-97(82)98-83-35-13-12-34-81(83)90(61-94(98)109-93)103(69-28-8-4-9-29-69)70-30-10-5-11-31-70/h3-61H,1-2H3. The summed E-state index contributed by atoms with van der Waals surface area (Å²) in [6.07, 6.45) is 0. The van der Waals surface area contributed by atoms with Crippen LogP contribution in [0.25, 0.3) is 161 Å². The molecule has 0 radical (unpaired) electrons. The van der Waals surface area contributed by atoms with Crippen LogP contribution in [0, 0.1) is 13.8 Å². The number of rotatable bonds is 12. The number of anilines is 9. The molecule has 22 aromatic rings. The van der Waals surface area contributed by atoms with Crippen LogP contribution in [0.3, 0.4) is 0 Å². The molecule has 0 aliphatic rings. The molecule has 0 aliphatic carbocycles. The zero-order chi connectivity index (χ0) is 72.0. The van der Waals surface area contributed by atoms with Gasteiger partial charge in [-0.05, 0) is 200 Å². The van der Waals surface area contributed by atoms with E-state index in [-0.39, 0.29) is 0 Å². The zero-order valence-electron chi connectivity index (χ0n) is 59.5. The number of fused-ring (bicyclic) bond motifs is 20. The highest BCUT2D eigenvalue weighted by atomic mass is 32.1. The summed E-state index contributed by atoms with van der Waals surface area (Å²) in [6.45, 7) is 4.33. The predicted molar refractivity (Wildman–Crippen MR) is 467 cm³/mol. The maximum absolute atomic E-state index is 7.43. The van der Waals surface area contributed by atoms with E-state index in [1.54, 1.807) is 0 Å². The van der Waals surface area contributed by atoms with Crippen LogP contribution in [0.5, 0.6) is 0 Å². The van der Waals surface area contributed by atoms with Crippen molar-refractivity contribution < 1.29 is 8.83 Å². The first kappa shape index (κ1) is 62.8. The molecule has 18 aromatic carbocycles. The molecule has 109 heavy (non-hydrogen) atoms. The summed E-state index contributed by atoms with van der Waals surface area (Å²) < 4.78 is 19.6. The molecule has 0 amide bonds. The fraction of sp³-hybridized carbons (Fsp3) is 0.0196. The second-order valence-electron chi connectivity index (χ2n) is 28.7. The van der Waals surface area contributed by atoms with Crippen molar-refractivity contribution in [1.82, 2.24) is 0 Å². The number of thiophene rings is 2. The van der Waals surface area contributed by atoms with Crippen LogP contribution in [-0.2, 0) is 0 Å². The van der Waals surface area contributed by atoms with Gasteiger partial charge in [0, 0.05) is 113 Å². The maximum atomic E-state index is 7.43. The van der Waals surface area contributed by atoms with Gasteiger partial charge in [-0.3, -0.25) is 0 Å². The van der Waals surface area contributed by atoms with Crippen molar-refractivity contribution in [3.63, 3.8) is 0 Å². The van der Waals surface area contributed by atoms with Gasteiger partial charge in [0.05, 0.1) is 17.1 Å². The van der Waals surface area contributed by atoms with E-state index < -0.39 is 0 Å². The van der Waals surface area contributed by atoms with Gasteiger partial charge in [-0.15, -0.1) is 22.7 Å². The number of aryl methyl sites for hydroxylation is 2. The number of nitrogens with zero attached hydrogens (tertiary/aromatic N) is 3. The smallest absolute Gasteiger partial charge is 0.159 e. The largest absolute Gasteiger partial charge is 0.453 e. The zero-order valence-corrected chi connectivity index (χ0v) is 61.2. The van der Waals surface area contributed by atoms with E-state index in [1.165, 1.54) is 89.4 Å². The van der Waals surface area contributed by atoms with E-state index in [4.69, 9.17) is 8.83 Å². The molecular weight excluding hydrogens is 1360 g/mol. The second kappa shape index (κ2) is 25.0. The minimum Gasteiger partial charge on any atom is -0.453 e. The lowest BCUT2D eigenvalue weighted by molar-refractivity contribution is 0.670. The summed E-state index contributed by atoms with van der Waals surface area (Å²) in [5.41, 5.74) is 22.0. The van der Waals surface area contributed by atoms with Crippen LogP contribution in [0.15, 0.2) is 367 Å². The Labute approximate surface area is 636 Å². The number of hydrogen-bond acceptors (Lipinski definition) is 7. The Kier molecular flexibility index (Phi) is 14.4. The summed E-state index contributed by atoms with van der Waals surface area (Å²) in [7, 11) is 0. The first-order chi connectivity index (χ1) is 53.9. The fourth-order valence-corrected chi connectivity index (χ4v) is 19.8. The lowest BCUT2D eigenvalue weighted by atomic mass is 9.92. The van der Waals surface area contributed by atoms with Gasteiger partial charge >= 0.3 is 0 Å². The third kappa shape index (κ3) is 10.1. The number of para-hydroxylation sites is 6. The Morgan fingerprint density at radius 3 is 1.14 bits per heavy atom. The monoisotopic (exact) mass is 1430 g/mol. The quantitative estimate of drug-likeness (QED) is 0.122. The van der Waals surface area contributed by atoms with Crippen LogP contribution in [0.4, 0.5) is 51.2 Å². The number of furan rings is 2. The van der Waals surface area contributed by atoms with Crippen molar-refractivity contribution in [3.05, 3.63) is 369 Å². The van der Waals surface area contributed by atoms with Crippen molar-refractivity contribution in [1.29, 1.82) is 0 Å². The van der Waals surface area contributed by atoms with E-state index >= 15 is 0 Å². The Balaban J connectivity index is 0.640. The average Bonchev–Trinajstić information content (AvgIpc) is 1.62. The van der Waals surface area contributed by atoms with Crippen LogP contribution in [-0.4, -0.2) is 0 Å². The third-order valence-corrected chi connectivity index (χ3v) is 24.5. The molecule has 0 saturated heterocycles. The van der Waals surface area contributed by atoms with E-state index in [0.29, 0.717) is 0 Å². The van der Waals surface area contributed by atoms with Gasteiger partial charge in [-0.25, -0.2) is 0 Å². The Morgan fingerprint density at radius 1 is 0.211 bits per heavy atom. The van der Waals surface area contributed by atoms with Gasteiger partial charge in [0.25, 0.3) is 0 Å². The topological polar surface area (TPSA) is 36.0 Å². The normalized spacial score (nSPS) is 11.9. The Bertz CT molecular complexity index is 7440. The number of hydrogen-bond donors (Lipinski definition) is 0. The first-order valence-electron chi connectivity index (χ1n) is 37.2. The van der Waals surface area contributed by atoms with Crippen molar-refractivity contribution in [3.8, 4) is 33.4 Å². The van der Waals surface area contributed by atoms with Crippen molar-refractivity contribution in [2.45, 2.75) is 13.8 Å². The van der Waals surface area contributed by atoms with Crippen molar-refractivity contribution in [2.75, 3.05) is 14.7 Å². The molecule has 0 fully saturated rings. The molecule has 22 rings (SSSR count). The lowest BCUT2D eigenvalue weighted by Gasteiger charge is -2.27. The van der Waals surface area contributed by atoms with Crippen molar-refractivity contribution >= 4 is 201 Å². The van der Waals surface area contributed by atoms with Crippen LogP contribution >= 0.6 is 22.7 Å². The highest BCUT2D eigenvalue weighted by molar-refractivity contribution is 7.26. The van der Waals surface area contributed by atoms with Gasteiger partial charge in [-0.2, -0.15) is 0 Å². The summed E-state index contributed by atoms with van der Waals surface area (Å²) in [5, 5.41) is 19.1. The fourth-order valence-electron chi connectivity index (χ4n) is 17.4. The van der Waals surface area contributed by atoms with Gasteiger partial charge in [0.15, 0.2) is 11.2 Å². The summed E-state index contributed by atoms with van der Waals surface area (Å²) >= 11 is 3.74. The van der Waals surface area contributed by atoms with Gasteiger partial charge < -0.3 is 23.5 Å². The van der Waals surface area contributed by atoms with Crippen LogP contribution in [0.1, 0.15) is 11.1 Å². The molecule has 0 unspecified atom stereocenters. The first-order valence-corrected chi connectivity index (χ1v) is 38.8. The Morgan fingerprint density at radius 2 is 0.578 bits per heavy atom. The molecule has 0 spiro atoms. The maximum Gasteiger partial charge on any atom is 0.159 e. The molecule has 0 saturated carbocycles. The molecular formula is C102H65N3O2S2. The molecule has 0 bridgehead atoms. The predicted octanol–water partition coefficient (Wildman–Crippen LogP) is 30.9. The highest BCUT2D eigenvalue weighted by Crippen LogP contribution is 2.53. The average molecular weight is 1430 g/mol. The second-order valence-corrected chi connectivity index (χ2v) is 30.9. The van der Waals surface area contributed by atoms with E-state index in [9.17, 15) is 0 Å². The highest BCUT2D eigenvalue weighted by Gasteiger charge is 2.27. The molecule has 7 heteroatoms. The summed E-state index contributed by atoms with van der Waals surface area (Å²) in [5.74, 6) is 0. The van der Waals surface area contributed by atoms with Crippen LogP contribution < -0.4 is 14.7 Å². The van der Waals surface area contributed by atoms with Crippen molar-refractivity contribution in [2.24, 2.45) is 0 Å². The molecule has 4 aromatic heterocycles. The molecule has 512 valence electrons. The molecule has 4 heterocycles. The summed E-state index contributed by atoms with van der Waals surface area (Å²) in [4.78, 5) is 7.16. The van der Waals surface area contributed by atoms with E-state index in [0.717, 1.165) is 134 Å². The minimum atomic E-state index is 0.828. The lowest BCUT2D eigenvalue weighted by Crippen LogP contribution is -2.10. The van der Waals surface area contributed by atoms with Gasteiger partial charge in [-0.1, -0.05) is 243 Å². The molecule has 5 nitrogen and oxygen atoms in total. The van der Waals surface area contributed by atoms with E-state index in [1.807, 2.05) is 22.7 Å². The van der Waals surface area contributed by atoms with Gasteiger partial charge in [0.1, 0.15) is 11.2 Å². The van der Waals surface area contributed by atoms with Gasteiger partial charge in [0.2, 0.25) is 0 Å². The summed E-state index contributed by atoms with van der Waals surface area (Å²) in [6, 6.07) is 131. The Hall–Kier alpha value is -13.6. The SMILES string of the molecule is Cc1cccc(N(c2ccc3c(ccc4sc5ccc6cc(N(c7cccc(C)c7)c7cccc8c7oc7c(-c9cccc(-c%10cccc%11c%10ccc%10sc%12cc(N(c%13ccccc%13)c%13ccccc%13)c%13ccccc%13c%12c%10%11)c9)cccc78)ccc6c5c43)c2)c2cccc3c2oc2c(-c4ccccc4)cccc23)c1. The molecule has 0 N–H and O–H groups in total. The molecule has 0 aliphatic heterocycles. The molecule has 0 atom stereocenters. The van der Waals surface area contributed by atoms with E-state index in [2.05, 4.69) is 386 Å². The number of benzene rings is 18. The minimum absolute atomic E-state index is 0.828.